The van der Waals surface area contributed by atoms with Crippen LogP contribution in [0.4, 0.5) is 10.5 Å². The molecule has 6 nitrogen and oxygen atoms in total. The lowest BCUT2D eigenvalue weighted by Gasteiger charge is -2.34. The van der Waals surface area contributed by atoms with Gasteiger partial charge in [-0.3, -0.25) is 4.90 Å². The summed E-state index contributed by atoms with van der Waals surface area (Å²) in [6, 6.07) is 16.9. The summed E-state index contributed by atoms with van der Waals surface area (Å²) < 4.78 is 5.06. The number of para-hydroxylation sites is 1. The summed E-state index contributed by atoms with van der Waals surface area (Å²) in [5.41, 5.74) is 2.03. The van der Waals surface area contributed by atoms with E-state index in [-0.39, 0.29) is 6.03 Å². The van der Waals surface area contributed by atoms with Crippen LogP contribution in [0.3, 0.4) is 0 Å². The predicted octanol–water partition coefficient (Wildman–Crippen LogP) is 3.73. The zero-order valence-corrected chi connectivity index (χ0v) is 16.7. The first kappa shape index (κ1) is 20.6. The molecular weight excluding hydrogens is 366 g/mol. The zero-order chi connectivity index (χ0) is 20.5. The molecule has 2 amide bonds. The molecule has 0 spiro atoms. The Labute approximate surface area is 171 Å². The van der Waals surface area contributed by atoms with Crippen LogP contribution < -0.4 is 5.32 Å². The number of carbonyl (C=O) groups is 2. The number of ether oxygens (including phenoxy) is 1. The summed E-state index contributed by atoms with van der Waals surface area (Å²) in [5.74, 6) is -0.432. The first-order chi connectivity index (χ1) is 14.2. The van der Waals surface area contributed by atoms with Crippen LogP contribution in [0.1, 0.15) is 22.8 Å². The minimum atomic E-state index is -0.432. The summed E-state index contributed by atoms with van der Waals surface area (Å²) in [6.07, 6.45) is 4.27. The molecule has 0 radical (unpaired) electrons. The number of esters is 1. The highest BCUT2D eigenvalue weighted by Gasteiger charge is 2.22. The second-order valence-corrected chi connectivity index (χ2v) is 6.80. The fourth-order valence-electron chi connectivity index (χ4n) is 3.21. The SMILES string of the molecule is CCOC(=O)c1ccccc1NC(=O)N1CCN(C/C=C/c2ccccc2)CC1. The van der Waals surface area contributed by atoms with Gasteiger partial charge in [-0.15, -0.1) is 0 Å². The van der Waals surface area contributed by atoms with Crippen LogP contribution in [-0.4, -0.2) is 61.1 Å². The number of anilines is 1. The van der Waals surface area contributed by atoms with Gasteiger partial charge in [-0.2, -0.15) is 0 Å². The molecule has 1 aliphatic rings. The van der Waals surface area contributed by atoms with Crippen LogP contribution >= 0.6 is 0 Å². The zero-order valence-electron chi connectivity index (χ0n) is 16.7. The average molecular weight is 393 g/mol. The Balaban J connectivity index is 1.49. The maximum atomic E-state index is 12.6. The summed E-state index contributed by atoms with van der Waals surface area (Å²) in [4.78, 5) is 28.8. The Bertz CT molecular complexity index is 843. The van der Waals surface area contributed by atoms with Crippen molar-refractivity contribution < 1.29 is 14.3 Å². The van der Waals surface area contributed by atoms with Gasteiger partial charge in [-0.05, 0) is 24.6 Å². The molecule has 2 aromatic carbocycles. The summed E-state index contributed by atoms with van der Waals surface area (Å²) >= 11 is 0. The molecule has 2 aromatic rings. The van der Waals surface area contributed by atoms with E-state index in [1.54, 1.807) is 36.1 Å². The van der Waals surface area contributed by atoms with Crippen molar-refractivity contribution in [1.29, 1.82) is 0 Å². The third-order valence-electron chi connectivity index (χ3n) is 4.80. The monoisotopic (exact) mass is 393 g/mol. The summed E-state index contributed by atoms with van der Waals surface area (Å²) in [7, 11) is 0. The highest BCUT2D eigenvalue weighted by Crippen LogP contribution is 2.17. The lowest BCUT2D eigenvalue weighted by Crippen LogP contribution is -2.50. The Hall–Kier alpha value is -3.12. The second-order valence-electron chi connectivity index (χ2n) is 6.80. The van der Waals surface area contributed by atoms with Crippen LogP contribution in [0.25, 0.3) is 6.08 Å². The molecule has 3 rings (SSSR count). The molecule has 0 saturated carbocycles. The number of nitrogens with one attached hydrogen (secondary N) is 1. The van der Waals surface area contributed by atoms with E-state index >= 15 is 0 Å². The number of carbonyl (C=O) groups excluding carboxylic acids is 2. The van der Waals surface area contributed by atoms with Crippen molar-refractivity contribution in [3.63, 3.8) is 0 Å². The van der Waals surface area contributed by atoms with E-state index in [0.717, 1.165) is 19.6 Å². The van der Waals surface area contributed by atoms with Crippen molar-refractivity contribution in [1.82, 2.24) is 9.80 Å². The third-order valence-corrected chi connectivity index (χ3v) is 4.80. The number of piperazine rings is 1. The van der Waals surface area contributed by atoms with Crippen molar-refractivity contribution in [2.24, 2.45) is 0 Å². The highest BCUT2D eigenvalue weighted by molar-refractivity contribution is 6.00. The number of urea groups is 1. The van der Waals surface area contributed by atoms with Gasteiger partial charge in [0.2, 0.25) is 0 Å². The number of nitrogens with zero attached hydrogens (tertiary/aromatic N) is 2. The van der Waals surface area contributed by atoms with Crippen molar-refractivity contribution in [2.75, 3.05) is 44.6 Å². The minimum Gasteiger partial charge on any atom is -0.462 e. The Morgan fingerprint density at radius 2 is 1.69 bits per heavy atom. The molecule has 152 valence electrons. The van der Waals surface area contributed by atoms with Crippen LogP contribution in [0.5, 0.6) is 0 Å². The predicted molar refractivity (Wildman–Crippen MR) is 115 cm³/mol. The van der Waals surface area contributed by atoms with Crippen LogP contribution in [-0.2, 0) is 4.74 Å². The summed E-state index contributed by atoms with van der Waals surface area (Å²) in [5, 5.41) is 2.85. The van der Waals surface area contributed by atoms with E-state index in [2.05, 4.69) is 34.5 Å². The second kappa shape index (κ2) is 10.4. The van der Waals surface area contributed by atoms with Crippen molar-refractivity contribution in [2.45, 2.75) is 6.92 Å². The number of hydrogen-bond donors (Lipinski definition) is 1. The number of rotatable bonds is 6. The van der Waals surface area contributed by atoms with Gasteiger partial charge >= 0.3 is 12.0 Å². The molecule has 6 heteroatoms. The molecule has 1 aliphatic heterocycles. The molecule has 1 heterocycles. The normalized spacial score (nSPS) is 14.7. The van der Waals surface area contributed by atoms with Crippen molar-refractivity contribution in [3.8, 4) is 0 Å². The molecule has 0 unspecified atom stereocenters. The van der Waals surface area contributed by atoms with Gasteiger partial charge in [0.1, 0.15) is 0 Å². The number of benzene rings is 2. The lowest BCUT2D eigenvalue weighted by atomic mass is 10.2. The van der Waals surface area contributed by atoms with Gasteiger partial charge in [-0.1, -0.05) is 54.6 Å². The lowest BCUT2D eigenvalue weighted by molar-refractivity contribution is 0.0527. The Kier molecular flexibility index (Phi) is 7.41. The van der Waals surface area contributed by atoms with Crippen LogP contribution in [0.15, 0.2) is 60.7 Å². The molecule has 1 saturated heterocycles. The van der Waals surface area contributed by atoms with E-state index < -0.39 is 5.97 Å². The molecular formula is C23H27N3O3. The summed E-state index contributed by atoms with van der Waals surface area (Å²) in [6.45, 7) is 5.82. The molecule has 0 aromatic heterocycles. The van der Waals surface area contributed by atoms with Crippen molar-refractivity contribution in [3.05, 3.63) is 71.8 Å². The van der Waals surface area contributed by atoms with Crippen molar-refractivity contribution >= 4 is 23.8 Å². The van der Waals surface area contributed by atoms with E-state index in [1.165, 1.54) is 5.56 Å². The standard InChI is InChI=1S/C23H27N3O3/c1-2-29-22(27)20-12-6-7-13-21(20)24-23(28)26-17-15-25(16-18-26)14-8-11-19-9-4-3-5-10-19/h3-13H,2,14-18H2,1H3,(H,24,28)/b11-8+. The maximum absolute atomic E-state index is 12.6. The molecule has 0 aliphatic carbocycles. The minimum absolute atomic E-state index is 0.193. The largest absolute Gasteiger partial charge is 0.462 e. The molecule has 0 bridgehead atoms. The van der Waals surface area contributed by atoms with E-state index in [4.69, 9.17) is 4.74 Å². The average Bonchev–Trinajstić information content (AvgIpc) is 2.75. The van der Waals surface area contributed by atoms with Crippen LogP contribution in [0.2, 0.25) is 0 Å². The van der Waals surface area contributed by atoms with Gasteiger partial charge in [-0.25, -0.2) is 9.59 Å². The first-order valence-corrected chi connectivity index (χ1v) is 9.93. The van der Waals surface area contributed by atoms with Crippen LogP contribution in [0, 0.1) is 0 Å². The highest BCUT2D eigenvalue weighted by atomic mass is 16.5. The quantitative estimate of drug-likeness (QED) is 0.760. The number of amides is 2. The smallest absolute Gasteiger partial charge is 0.340 e. The van der Waals surface area contributed by atoms with E-state index in [1.807, 2.05) is 18.2 Å². The molecule has 1 fully saturated rings. The third kappa shape index (κ3) is 5.93. The van der Waals surface area contributed by atoms with Gasteiger partial charge < -0.3 is 15.0 Å². The Morgan fingerprint density at radius 3 is 2.41 bits per heavy atom. The molecule has 1 N–H and O–H groups in total. The van der Waals surface area contributed by atoms with Gasteiger partial charge in [0, 0.05) is 32.7 Å². The van der Waals surface area contributed by atoms with Gasteiger partial charge in [0.25, 0.3) is 0 Å². The fourth-order valence-corrected chi connectivity index (χ4v) is 3.21. The number of hydrogen-bond acceptors (Lipinski definition) is 4. The topological polar surface area (TPSA) is 61.9 Å². The van der Waals surface area contributed by atoms with E-state index in [0.29, 0.717) is 30.9 Å². The Morgan fingerprint density at radius 1 is 1.00 bits per heavy atom. The first-order valence-electron chi connectivity index (χ1n) is 9.93. The maximum Gasteiger partial charge on any atom is 0.340 e. The van der Waals surface area contributed by atoms with Gasteiger partial charge in [0.15, 0.2) is 0 Å². The molecule has 0 atom stereocenters. The molecule has 29 heavy (non-hydrogen) atoms. The van der Waals surface area contributed by atoms with Gasteiger partial charge in [0.05, 0.1) is 17.9 Å². The van der Waals surface area contributed by atoms with E-state index in [9.17, 15) is 9.59 Å². The fraction of sp³-hybridized carbons (Fsp3) is 0.304.